The maximum absolute atomic E-state index is 5.94. The molecule has 0 aromatic carbocycles. The molecular weight excluding hydrogens is 306 g/mol. The lowest BCUT2D eigenvalue weighted by molar-refractivity contribution is -0.107. The minimum atomic E-state index is 0.206. The van der Waals surface area contributed by atoms with E-state index in [0.717, 1.165) is 38.1 Å². The van der Waals surface area contributed by atoms with E-state index < -0.39 is 0 Å². The molecule has 0 aromatic rings. The fourth-order valence-electron chi connectivity index (χ4n) is 4.41. The normalized spacial score (nSPS) is 36.8. The van der Waals surface area contributed by atoms with Gasteiger partial charge in [-0.15, -0.1) is 0 Å². The predicted molar refractivity (Wildman–Crippen MR) is 99.2 cm³/mol. The smallest absolute Gasteiger partial charge is 0.194 e. The van der Waals surface area contributed by atoms with Gasteiger partial charge in [0.2, 0.25) is 0 Å². The molecule has 132 valence electrons. The average molecular weight is 340 g/mol. The first-order valence-electron chi connectivity index (χ1n) is 9.24. The first-order valence-corrected chi connectivity index (χ1v) is 10.3. The monoisotopic (exact) mass is 339 g/mol. The molecule has 3 fully saturated rings. The summed E-state index contributed by atoms with van der Waals surface area (Å²) < 4.78 is 5.94. The fourth-order valence-corrected chi connectivity index (χ4v) is 5.71. The molecule has 0 radical (unpaired) electrons. The standard InChI is InChI=1S/C18H33N3OS/c1-6-19-17(21-8-10-23-14(11-21)12(2)3)20-15-13-7-9-22-16(13)18(15,4)5/h12-16H,6-11H2,1-5H3,(H,19,20). The zero-order valence-electron chi connectivity index (χ0n) is 15.3. The largest absolute Gasteiger partial charge is 0.377 e. The molecule has 0 bridgehead atoms. The third-order valence-electron chi connectivity index (χ3n) is 5.83. The van der Waals surface area contributed by atoms with Gasteiger partial charge in [0.25, 0.3) is 0 Å². The molecule has 1 saturated carbocycles. The summed E-state index contributed by atoms with van der Waals surface area (Å²) in [5.41, 5.74) is 0.206. The van der Waals surface area contributed by atoms with E-state index in [2.05, 4.69) is 56.6 Å². The Kier molecular flexibility index (Phi) is 5.17. The predicted octanol–water partition coefficient (Wildman–Crippen LogP) is 2.84. The van der Waals surface area contributed by atoms with Gasteiger partial charge in [-0.1, -0.05) is 27.7 Å². The van der Waals surface area contributed by atoms with Gasteiger partial charge in [-0.05, 0) is 19.3 Å². The number of hydrogen-bond acceptors (Lipinski definition) is 3. The highest BCUT2D eigenvalue weighted by atomic mass is 32.2. The minimum absolute atomic E-state index is 0.206. The topological polar surface area (TPSA) is 36.9 Å². The van der Waals surface area contributed by atoms with Crippen LogP contribution >= 0.6 is 11.8 Å². The van der Waals surface area contributed by atoms with E-state index in [1.165, 1.54) is 12.2 Å². The van der Waals surface area contributed by atoms with Crippen molar-refractivity contribution in [3.63, 3.8) is 0 Å². The number of nitrogens with one attached hydrogen (secondary N) is 1. The summed E-state index contributed by atoms with van der Waals surface area (Å²) in [5.74, 6) is 3.71. The second-order valence-electron chi connectivity index (χ2n) is 8.08. The van der Waals surface area contributed by atoms with E-state index in [9.17, 15) is 0 Å². The lowest BCUT2D eigenvalue weighted by Crippen LogP contribution is -2.68. The number of guanidine groups is 1. The Labute approximate surface area is 145 Å². The van der Waals surface area contributed by atoms with E-state index >= 15 is 0 Å². The van der Waals surface area contributed by atoms with E-state index in [4.69, 9.17) is 9.73 Å². The second kappa shape index (κ2) is 6.83. The van der Waals surface area contributed by atoms with Crippen molar-refractivity contribution < 1.29 is 4.74 Å². The summed E-state index contributed by atoms with van der Waals surface area (Å²) in [6.45, 7) is 15.5. The zero-order valence-corrected chi connectivity index (χ0v) is 16.2. The number of rotatable bonds is 3. The number of thioether (sulfide) groups is 1. The Morgan fingerprint density at radius 3 is 2.91 bits per heavy atom. The highest BCUT2D eigenvalue weighted by Gasteiger charge is 2.59. The summed E-state index contributed by atoms with van der Waals surface area (Å²) in [6, 6.07) is 0.493. The Bertz CT molecular complexity index is 452. The number of aliphatic imine (C=N–C) groups is 1. The molecule has 3 rings (SSSR count). The maximum Gasteiger partial charge on any atom is 0.194 e. The quantitative estimate of drug-likeness (QED) is 0.634. The summed E-state index contributed by atoms with van der Waals surface area (Å²) >= 11 is 2.12. The van der Waals surface area contributed by atoms with E-state index in [0.29, 0.717) is 23.3 Å². The molecule has 23 heavy (non-hydrogen) atoms. The average Bonchev–Trinajstić information content (AvgIpc) is 2.98. The highest BCUT2D eigenvalue weighted by Crippen LogP contribution is 2.52. The van der Waals surface area contributed by atoms with Crippen molar-refractivity contribution in [3.8, 4) is 0 Å². The van der Waals surface area contributed by atoms with Crippen molar-refractivity contribution >= 4 is 17.7 Å². The summed E-state index contributed by atoms with van der Waals surface area (Å²) in [4.78, 5) is 7.31. The van der Waals surface area contributed by atoms with Crippen molar-refractivity contribution in [3.05, 3.63) is 0 Å². The molecule has 0 aromatic heterocycles. The molecule has 1 N–H and O–H groups in total. The molecule has 2 heterocycles. The molecule has 4 atom stereocenters. The van der Waals surface area contributed by atoms with Crippen LogP contribution in [-0.4, -0.2) is 60.2 Å². The van der Waals surface area contributed by atoms with E-state index in [1.54, 1.807) is 0 Å². The third-order valence-corrected chi connectivity index (χ3v) is 7.37. The number of fused-ring (bicyclic) bond motifs is 1. The first-order chi connectivity index (χ1) is 10.9. The van der Waals surface area contributed by atoms with Crippen LogP contribution in [0.15, 0.2) is 4.99 Å². The summed E-state index contributed by atoms with van der Waals surface area (Å²) in [6.07, 6.45) is 1.62. The van der Waals surface area contributed by atoms with Crippen LogP contribution < -0.4 is 5.32 Å². The van der Waals surface area contributed by atoms with Crippen LogP contribution in [0.4, 0.5) is 0 Å². The molecule has 4 unspecified atom stereocenters. The van der Waals surface area contributed by atoms with Gasteiger partial charge in [-0.2, -0.15) is 11.8 Å². The van der Waals surface area contributed by atoms with Gasteiger partial charge in [-0.25, -0.2) is 0 Å². The van der Waals surface area contributed by atoms with Crippen LogP contribution in [0.3, 0.4) is 0 Å². The van der Waals surface area contributed by atoms with E-state index in [-0.39, 0.29) is 5.41 Å². The Morgan fingerprint density at radius 1 is 1.43 bits per heavy atom. The van der Waals surface area contributed by atoms with Gasteiger partial charge in [-0.3, -0.25) is 4.99 Å². The van der Waals surface area contributed by atoms with Gasteiger partial charge in [0.05, 0.1) is 6.10 Å². The van der Waals surface area contributed by atoms with Crippen LogP contribution in [0, 0.1) is 17.3 Å². The Hall–Kier alpha value is -0.420. The molecule has 1 aliphatic carbocycles. The van der Waals surface area contributed by atoms with Crippen molar-refractivity contribution in [2.45, 2.75) is 58.4 Å². The maximum atomic E-state index is 5.94. The summed E-state index contributed by atoms with van der Waals surface area (Å²) in [5, 5.41) is 4.54. The third kappa shape index (κ3) is 3.23. The van der Waals surface area contributed by atoms with Crippen molar-refractivity contribution in [2.24, 2.45) is 22.2 Å². The molecule has 2 saturated heterocycles. The molecule has 2 aliphatic heterocycles. The highest BCUT2D eigenvalue weighted by molar-refractivity contribution is 8.00. The van der Waals surface area contributed by atoms with Crippen LogP contribution in [0.25, 0.3) is 0 Å². The lowest BCUT2D eigenvalue weighted by atomic mass is 9.57. The molecule has 4 nitrogen and oxygen atoms in total. The van der Waals surface area contributed by atoms with Gasteiger partial charge in [0.1, 0.15) is 0 Å². The summed E-state index contributed by atoms with van der Waals surface area (Å²) in [7, 11) is 0. The van der Waals surface area contributed by atoms with Crippen molar-refractivity contribution in [1.82, 2.24) is 10.2 Å². The minimum Gasteiger partial charge on any atom is -0.377 e. The lowest BCUT2D eigenvalue weighted by Gasteiger charge is -2.55. The van der Waals surface area contributed by atoms with Crippen LogP contribution in [0.1, 0.15) is 41.0 Å². The first kappa shape index (κ1) is 17.4. The molecule has 5 heteroatoms. The van der Waals surface area contributed by atoms with Crippen molar-refractivity contribution in [1.29, 1.82) is 0 Å². The zero-order chi connectivity index (χ0) is 16.6. The molecular formula is C18H33N3OS. The van der Waals surface area contributed by atoms with Gasteiger partial charge in [0, 0.05) is 54.6 Å². The number of ether oxygens (including phenoxy) is 1. The number of nitrogens with zero attached hydrogens (tertiary/aromatic N) is 2. The van der Waals surface area contributed by atoms with Gasteiger partial charge in [0.15, 0.2) is 5.96 Å². The van der Waals surface area contributed by atoms with Crippen molar-refractivity contribution in [2.75, 3.05) is 32.0 Å². The van der Waals surface area contributed by atoms with Crippen LogP contribution in [0.2, 0.25) is 0 Å². The van der Waals surface area contributed by atoms with Crippen LogP contribution in [0.5, 0.6) is 0 Å². The Balaban J connectivity index is 1.69. The molecule has 0 spiro atoms. The molecule has 3 aliphatic rings. The SMILES string of the molecule is CCN=C(NC1C2CCOC2C1(C)C)N1CCSC(C(C)C)C1. The van der Waals surface area contributed by atoms with Crippen LogP contribution in [-0.2, 0) is 4.74 Å². The second-order valence-corrected chi connectivity index (χ2v) is 9.43. The van der Waals surface area contributed by atoms with Gasteiger partial charge >= 0.3 is 0 Å². The Morgan fingerprint density at radius 2 is 2.22 bits per heavy atom. The molecule has 0 amide bonds. The van der Waals surface area contributed by atoms with E-state index in [1.807, 2.05) is 0 Å². The number of hydrogen-bond donors (Lipinski definition) is 1. The van der Waals surface area contributed by atoms with Gasteiger partial charge < -0.3 is 15.0 Å². The fraction of sp³-hybridized carbons (Fsp3) is 0.944.